The van der Waals surface area contributed by atoms with Gasteiger partial charge in [0, 0.05) is 5.69 Å². The summed E-state index contributed by atoms with van der Waals surface area (Å²) in [4.78, 5) is 2.27. The average Bonchev–Trinajstić information content (AvgIpc) is 3.44. The van der Waals surface area contributed by atoms with Crippen molar-refractivity contribution in [3.8, 4) is 0 Å². The zero-order chi connectivity index (χ0) is 20.8. The molecule has 0 N–H and O–H groups in total. The van der Waals surface area contributed by atoms with Crippen molar-refractivity contribution in [3.63, 3.8) is 0 Å². The fourth-order valence-corrected chi connectivity index (χ4v) is 4.61. The molecule has 1 saturated heterocycles. The van der Waals surface area contributed by atoms with Crippen LogP contribution in [-0.2, 0) is 0 Å². The van der Waals surface area contributed by atoms with Gasteiger partial charge in [0.05, 0.1) is 11.0 Å². The monoisotopic (exact) mass is 413 g/mol. The van der Waals surface area contributed by atoms with Crippen molar-refractivity contribution in [2.45, 2.75) is 31.6 Å². The standard InChI is InChI=1S/C23H20FN7/c24-16-12-14-17(15-13-16)29-22(30-20-8-3-1-6-18(20)25-27-30)10-5-11-23(29)31-21-9-4-2-7-19(21)26-28-31/h1-4,6-9,12-15,22-23H,5,10-11H2/t22-,23+. The van der Waals surface area contributed by atoms with Crippen molar-refractivity contribution in [1.29, 1.82) is 0 Å². The summed E-state index contributed by atoms with van der Waals surface area (Å²) in [6.07, 6.45) is 2.62. The van der Waals surface area contributed by atoms with Crippen LogP contribution in [0.1, 0.15) is 31.6 Å². The predicted octanol–water partition coefficient (Wildman–Crippen LogP) is 4.70. The Morgan fingerprint density at radius 2 is 1.19 bits per heavy atom. The minimum Gasteiger partial charge on any atom is -0.327 e. The Balaban J connectivity index is 1.53. The maximum Gasteiger partial charge on any atom is 0.127 e. The highest BCUT2D eigenvalue weighted by Gasteiger charge is 2.35. The summed E-state index contributed by atoms with van der Waals surface area (Å²) in [7, 11) is 0. The van der Waals surface area contributed by atoms with Gasteiger partial charge in [0.25, 0.3) is 0 Å². The number of aromatic nitrogens is 6. The molecule has 2 aromatic heterocycles. The third-order valence-electron chi connectivity index (χ3n) is 6.01. The van der Waals surface area contributed by atoms with Gasteiger partial charge in [0.2, 0.25) is 0 Å². The number of hydrogen-bond acceptors (Lipinski definition) is 5. The maximum absolute atomic E-state index is 13.7. The number of benzene rings is 3. The Bertz CT molecular complexity index is 1280. The molecule has 0 radical (unpaired) electrons. The molecular formula is C23H20FN7. The zero-order valence-electron chi connectivity index (χ0n) is 16.7. The molecule has 6 rings (SSSR count). The third kappa shape index (κ3) is 2.94. The molecule has 0 bridgehead atoms. The molecule has 1 aliphatic rings. The van der Waals surface area contributed by atoms with Gasteiger partial charge in [0.1, 0.15) is 29.2 Å². The van der Waals surface area contributed by atoms with Crippen LogP contribution in [0.4, 0.5) is 10.1 Å². The first kappa shape index (κ1) is 18.0. The fourth-order valence-electron chi connectivity index (χ4n) is 4.61. The second-order valence-electron chi connectivity index (χ2n) is 7.82. The van der Waals surface area contributed by atoms with E-state index in [1.807, 2.05) is 70.0 Å². The molecular weight excluding hydrogens is 393 g/mol. The molecule has 0 saturated carbocycles. The van der Waals surface area contributed by atoms with E-state index in [1.165, 1.54) is 12.1 Å². The lowest BCUT2D eigenvalue weighted by molar-refractivity contribution is 0.247. The molecule has 31 heavy (non-hydrogen) atoms. The van der Waals surface area contributed by atoms with E-state index in [0.717, 1.165) is 47.0 Å². The van der Waals surface area contributed by atoms with Crippen molar-refractivity contribution in [1.82, 2.24) is 30.0 Å². The Labute approximate surface area is 177 Å². The summed E-state index contributed by atoms with van der Waals surface area (Å²) < 4.78 is 17.7. The van der Waals surface area contributed by atoms with E-state index in [0.29, 0.717) is 0 Å². The van der Waals surface area contributed by atoms with Crippen LogP contribution in [0.15, 0.2) is 72.8 Å². The van der Waals surface area contributed by atoms with Crippen molar-refractivity contribution in [2.75, 3.05) is 4.90 Å². The van der Waals surface area contributed by atoms with Gasteiger partial charge in [-0.2, -0.15) is 0 Å². The summed E-state index contributed by atoms with van der Waals surface area (Å²) in [5.41, 5.74) is 4.58. The first-order chi connectivity index (χ1) is 15.3. The van der Waals surface area contributed by atoms with E-state index in [4.69, 9.17) is 0 Å². The number of hydrogen-bond donors (Lipinski definition) is 0. The number of rotatable bonds is 3. The molecule has 3 heterocycles. The summed E-state index contributed by atoms with van der Waals surface area (Å²) in [6, 6.07) is 22.5. The third-order valence-corrected chi connectivity index (χ3v) is 6.01. The number of nitrogens with zero attached hydrogens (tertiary/aromatic N) is 7. The molecule has 0 unspecified atom stereocenters. The van der Waals surface area contributed by atoms with Crippen LogP contribution in [0.5, 0.6) is 0 Å². The molecule has 0 amide bonds. The smallest absolute Gasteiger partial charge is 0.127 e. The van der Waals surface area contributed by atoms with Crippen LogP contribution >= 0.6 is 0 Å². The number of fused-ring (bicyclic) bond motifs is 2. The van der Waals surface area contributed by atoms with Crippen LogP contribution in [-0.4, -0.2) is 30.0 Å². The van der Waals surface area contributed by atoms with E-state index in [2.05, 4.69) is 25.5 Å². The zero-order valence-corrected chi connectivity index (χ0v) is 16.7. The van der Waals surface area contributed by atoms with Crippen molar-refractivity contribution in [3.05, 3.63) is 78.6 Å². The van der Waals surface area contributed by atoms with Gasteiger partial charge in [-0.15, -0.1) is 10.2 Å². The van der Waals surface area contributed by atoms with E-state index in [-0.39, 0.29) is 18.1 Å². The summed E-state index contributed by atoms with van der Waals surface area (Å²) >= 11 is 0. The van der Waals surface area contributed by atoms with Crippen LogP contribution in [0.2, 0.25) is 0 Å². The number of para-hydroxylation sites is 2. The van der Waals surface area contributed by atoms with Gasteiger partial charge in [-0.3, -0.25) is 0 Å². The van der Waals surface area contributed by atoms with Crippen LogP contribution in [0.25, 0.3) is 22.1 Å². The molecule has 1 aliphatic heterocycles. The topological polar surface area (TPSA) is 64.7 Å². The van der Waals surface area contributed by atoms with E-state index >= 15 is 0 Å². The Kier molecular flexibility index (Phi) is 4.15. The highest BCUT2D eigenvalue weighted by atomic mass is 19.1. The van der Waals surface area contributed by atoms with Crippen molar-refractivity contribution in [2.24, 2.45) is 0 Å². The average molecular weight is 413 g/mol. The van der Waals surface area contributed by atoms with Gasteiger partial charge < -0.3 is 4.90 Å². The maximum atomic E-state index is 13.7. The Morgan fingerprint density at radius 1 is 0.677 bits per heavy atom. The fraction of sp³-hybridized carbons (Fsp3) is 0.217. The minimum atomic E-state index is -0.258. The van der Waals surface area contributed by atoms with Gasteiger partial charge in [-0.05, 0) is 67.8 Å². The molecule has 0 spiro atoms. The van der Waals surface area contributed by atoms with Gasteiger partial charge >= 0.3 is 0 Å². The van der Waals surface area contributed by atoms with Gasteiger partial charge in [0.15, 0.2) is 0 Å². The summed E-state index contributed by atoms with van der Waals surface area (Å²) in [5.74, 6) is -0.258. The highest BCUT2D eigenvalue weighted by Crippen LogP contribution is 2.41. The molecule has 0 aliphatic carbocycles. The molecule has 154 valence electrons. The lowest BCUT2D eigenvalue weighted by atomic mass is 10.0. The molecule has 7 nitrogen and oxygen atoms in total. The van der Waals surface area contributed by atoms with Crippen molar-refractivity contribution >= 4 is 27.8 Å². The molecule has 5 aromatic rings. The minimum absolute atomic E-state index is 0.0837. The largest absolute Gasteiger partial charge is 0.327 e. The predicted molar refractivity (Wildman–Crippen MR) is 116 cm³/mol. The SMILES string of the molecule is Fc1ccc(N2[C@H](n3nnc4ccccc43)CCC[C@@H]2n2nnc3ccccc32)cc1. The number of anilines is 1. The van der Waals surface area contributed by atoms with E-state index in [9.17, 15) is 4.39 Å². The lowest BCUT2D eigenvalue weighted by Crippen LogP contribution is -2.42. The molecule has 2 atom stereocenters. The summed E-state index contributed by atoms with van der Waals surface area (Å²) in [6.45, 7) is 0. The van der Waals surface area contributed by atoms with E-state index < -0.39 is 0 Å². The van der Waals surface area contributed by atoms with Gasteiger partial charge in [-0.25, -0.2) is 13.8 Å². The second kappa shape index (κ2) is 7.16. The van der Waals surface area contributed by atoms with Crippen LogP contribution in [0.3, 0.4) is 0 Å². The van der Waals surface area contributed by atoms with Crippen LogP contribution < -0.4 is 4.90 Å². The highest BCUT2D eigenvalue weighted by molar-refractivity contribution is 5.75. The van der Waals surface area contributed by atoms with Gasteiger partial charge in [-0.1, -0.05) is 34.7 Å². The first-order valence-electron chi connectivity index (χ1n) is 10.4. The lowest BCUT2D eigenvalue weighted by Gasteiger charge is -2.43. The van der Waals surface area contributed by atoms with Crippen molar-refractivity contribution < 1.29 is 4.39 Å². The first-order valence-corrected chi connectivity index (χ1v) is 10.4. The molecule has 1 fully saturated rings. The quantitative estimate of drug-likeness (QED) is 0.429. The number of halogens is 1. The summed E-state index contributed by atoms with van der Waals surface area (Å²) in [5, 5.41) is 17.7. The van der Waals surface area contributed by atoms with Crippen LogP contribution in [0, 0.1) is 5.82 Å². The van der Waals surface area contributed by atoms with E-state index in [1.54, 1.807) is 0 Å². The Hall–Kier alpha value is -3.81. The molecule has 3 aromatic carbocycles. The Morgan fingerprint density at radius 3 is 1.74 bits per heavy atom. The normalized spacial score (nSPS) is 19.3. The number of piperidine rings is 1. The molecule has 8 heteroatoms. The second-order valence-corrected chi connectivity index (χ2v) is 7.82.